The average Bonchev–Trinajstić information content (AvgIpc) is 3.44. The van der Waals surface area contributed by atoms with Crippen molar-refractivity contribution < 1.29 is 23.5 Å². The third-order valence-corrected chi connectivity index (χ3v) is 7.03. The molecule has 2 N–H and O–H groups in total. The van der Waals surface area contributed by atoms with Crippen molar-refractivity contribution in [2.24, 2.45) is 0 Å². The van der Waals surface area contributed by atoms with E-state index in [2.05, 4.69) is 20.3 Å². The number of ketones is 1. The molecule has 0 radical (unpaired) electrons. The molecule has 0 bridgehead atoms. The Morgan fingerprint density at radius 3 is 2.33 bits per heavy atom. The second-order valence-corrected chi connectivity index (χ2v) is 10.3. The Morgan fingerprint density at radius 2 is 1.79 bits per heavy atom. The number of nitrogens with zero attached hydrogens (tertiary/aromatic N) is 5. The predicted molar refractivity (Wildman–Crippen MR) is 142 cm³/mol. The van der Waals surface area contributed by atoms with E-state index < -0.39 is 11.7 Å². The molecule has 2 aliphatic rings. The number of likely N-dealkylation sites (tertiary alicyclic amines) is 1. The highest BCUT2D eigenvalue weighted by Crippen LogP contribution is 2.30. The maximum atomic E-state index is 13.0. The van der Waals surface area contributed by atoms with Gasteiger partial charge in [0.15, 0.2) is 11.6 Å². The summed E-state index contributed by atoms with van der Waals surface area (Å²) in [6, 6.07) is 9.55. The zero-order chi connectivity index (χ0) is 28.6. The molecular weight excluding hydrogens is 530 g/mol. The summed E-state index contributed by atoms with van der Waals surface area (Å²) in [7, 11) is 0. The summed E-state index contributed by atoms with van der Waals surface area (Å²) in [5.74, 6) is -4.12. The molecule has 210 valence electrons. The molecule has 1 aromatic heterocycles. The van der Waals surface area contributed by atoms with Crippen LogP contribution in [0, 0.1) is 11.3 Å². The minimum atomic E-state index is -3.14. The topological polar surface area (TPSA) is 122 Å². The molecule has 1 aliphatic carbocycles. The first-order chi connectivity index (χ1) is 18.5. The summed E-state index contributed by atoms with van der Waals surface area (Å²) in [6.07, 6.45) is 6.75. The van der Waals surface area contributed by atoms with Crippen LogP contribution in [0.1, 0.15) is 74.1 Å². The normalized spacial score (nSPS) is 16.6. The van der Waals surface area contributed by atoms with Gasteiger partial charge in [-0.05, 0) is 43.4 Å². The van der Waals surface area contributed by atoms with Gasteiger partial charge in [0.25, 0.3) is 5.91 Å². The number of aliphatic hydroxyl groups excluding tert-OH is 1. The predicted octanol–water partition coefficient (Wildman–Crippen LogP) is 4.28. The van der Waals surface area contributed by atoms with Crippen LogP contribution in [0.2, 0.25) is 5.02 Å². The number of piperidine rings is 1. The monoisotopic (exact) mass is 562 g/mol. The van der Waals surface area contributed by atoms with Gasteiger partial charge in [-0.25, -0.2) is 4.98 Å². The number of aliphatic hydroxyl groups is 1. The molecule has 12 heteroatoms. The maximum Gasteiger partial charge on any atom is 0.302 e. The Hall–Kier alpha value is -3.20. The summed E-state index contributed by atoms with van der Waals surface area (Å²) in [5.41, 5.74) is 4.63. The van der Waals surface area contributed by atoms with Crippen molar-refractivity contribution in [2.45, 2.75) is 77.0 Å². The molecule has 1 saturated carbocycles. The molecule has 2 aromatic rings. The SMILES string of the molecule is CC(=O)C(C)(F)F.N#Cc1ncc(Cl)c(N(NC(=O)c2ccc(CN3CCC(O)CC3)cc2)C2CCCC2)n1. The Labute approximate surface area is 231 Å². The van der Waals surface area contributed by atoms with Crippen LogP contribution in [0.15, 0.2) is 30.5 Å². The first kappa shape index (κ1) is 30.3. The molecule has 9 nitrogen and oxygen atoms in total. The van der Waals surface area contributed by atoms with Gasteiger partial charge in [-0.3, -0.25) is 24.9 Å². The van der Waals surface area contributed by atoms with Crippen LogP contribution in [0.5, 0.6) is 0 Å². The molecule has 4 rings (SSSR count). The second-order valence-electron chi connectivity index (χ2n) is 9.87. The van der Waals surface area contributed by atoms with E-state index in [-0.39, 0.29) is 28.9 Å². The van der Waals surface area contributed by atoms with Gasteiger partial charge in [0.1, 0.15) is 11.1 Å². The maximum absolute atomic E-state index is 13.0. The molecule has 0 spiro atoms. The molecule has 2 heterocycles. The molecule has 1 aromatic carbocycles. The van der Waals surface area contributed by atoms with Crippen LogP contribution in [0.4, 0.5) is 14.6 Å². The molecular formula is C27H33ClF2N6O3. The van der Waals surface area contributed by atoms with Crippen molar-refractivity contribution in [3.05, 3.63) is 52.4 Å². The van der Waals surface area contributed by atoms with Gasteiger partial charge in [0.05, 0.1) is 18.3 Å². The van der Waals surface area contributed by atoms with Crippen LogP contribution < -0.4 is 10.4 Å². The smallest absolute Gasteiger partial charge is 0.302 e. The minimum absolute atomic E-state index is 0.0104. The van der Waals surface area contributed by atoms with Crippen LogP contribution in [0.25, 0.3) is 0 Å². The van der Waals surface area contributed by atoms with Crippen molar-refractivity contribution in [1.82, 2.24) is 20.3 Å². The van der Waals surface area contributed by atoms with E-state index in [1.807, 2.05) is 30.3 Å². The van der Waals surface area contributed by atoms with Gasteiger partial charge in [-0.2, -0.15) is 19.0 Å². The van der Waals surface area contributed by atoms with Gasteiger partial charge in [0.2, 0.25) is 5.82 Å². The fraction of sp³-hybridized carbons (Fsp3) is 0.519. The minimum Gasteiger partial charge on any atom is -0.393 e. The van der Waals surface area contributed by atoms with Crippen LogP contribution in [-0.4, -0.2) is 62.8 Å². The Balaban J connectivity index is 0.000000532. The number of nitriles is 1. The summed E-state index contributed by atoms with van der Waals surface area (Å²) in [4.78, 5) is 33.2. The Kier molecular flexibility index (Phi) is 10.7. The molecule has 1 amide bonds. The highest BCUT2D eigenvalue weighted by Gasteiger charge is 2.28. The summed E-state index contributed by atoms with van der Waals surface area (Å²) >= 11 is 6.33. The van der Waals surface area contributed by atoms with E-state index in [1.54, 1.807) is 5.01 Å². The van der Waals surface area contributed by atoms with Gasteiger partial charge in [-0.15, -0.1) is 0 Å². The third kappa shape index (κ3) is 8.92. The molecule has 2 fully saturated rings. The number of amides is 1. The van der Waals surface area contributed by atoms with Crippen LogP contribution >= 0.6 is 11.6 Å². The number of halogens is 3. The number of Topliss-reactive ketones (excluding diaryl/α,β-unsaturated/α-hetero) is 1. The summed E-state index contributed by atoms with van der Waals surface area (Å²) < 4.78 is 23.0. The number of benzene rings is 1. The van der Waals surface area contributed by atoms with Gasteiger partial charge >= 0.3 is 5.92 Å². The third-order valence-electron chi connectivity index (χ3n) is 6.76. The lowest BCUT2D eigenvalue weighted by molar-refractivity contribution is -0.138. The first-order valence-corrected chi connectivity index (χ1v) is 13.3. The van der Waals surface area contributed by atoms with E-state index in [0.29, 0.717) is 18.3 Å². The number of aromatic nitrogens is 2. The summed E-state index contributed by atoms with van der Waals surface area (Å²) in [5, 5.41) is 20.8. The number of anilines is 1. The van der Waals surface area contributed by atoms with E-state index in [0.717, 1.165) is 70.6 Å². The quantitative estimate of drug-likeness (QED) is 0.479. The zero-order valence-electron chi connectivity index (χ0n) is 22.0. The standard InChI is InChI=1S/C23H27ClN6O2.C4H6F2O/c24-20-14-26-21(13-25)27-22(20)30(18-3-1-2-4-18)28-23(32)17-7-5-16(6-8-17)15-29-11-9-19(31)10-12-29;1-3(7)4(2,5)6/h5-8,14,18-19,31H,1-4,9-12,15H2,(H,28,32);1-2H3. The van der Waals surface area contributed by atoms with Crippen LogP contribution in [-0.2, 0) is 11.3 Å². The first-order valence-electron chi connectivity index (χ1n) is 12.9. The molecule has 39 heavy (non-hydrogen) atoms. The van der Waals surface area contributed by atoms with E-state index in [9.17, 15) is 28.7 Å². The Bertz CT molecular complexity index is 1170. The van der Waals surface area contributed by atoms with Crippen molar-refractivity contribution in [3.63, 3.8) is 0 Å². The molecule has 1 aliphatic heterocycles. The Morgan fingerprint density at radius 1 is 1.21 bits per heavy atom. The number of hydrogen-bond acceptors (Lipinski definition) is 8. The largest absolute Gasteiger partial charge is 0.393 e. The molecule has 0 atom stereocenters. The number of nitrogens with one attached hydrogen (secondary N) is 1. The number of rotatable bonds is 7. The van der Waals surface area contributed by atoms with Crippen molar-refractivity contribution in [3.8, 4) is 6.07 Å². The molecule has 1 saturated heterocycles. The fourth-order valence-electron chi connectivity index (χ4n) is 4.33. The van der Waals surface area contributed by atoms with E-state index in [4.69, 9.17) is 11.6 Å². The molecule has 0 unspecified atom stereocenters. The fourth-order valence-corrected chi connectivity index (χ4v) is 4.51. The van der Waals surface area contributed by atoms with Gasteiger partial charge in [0, 0.05) is 39.0 Å². The van der Waals surface area contributed by atoms with E-state index >= 15 is 0 Å². The number of hydrogen-bond donors (Lipinski definition) is 2. The lowest BCUT2D eigenvalue weighted by atomic mass is 10.1. The number of hydrazine groups is 1. The average molecular weight is 563 g/mol. The van der Waals surface area contributed by atoms with Crippen molar-refractivity contribution in [2.75, 3.05) is 18.1 Å². The van der Waals surface area contributed by atoms with E-state index in [1.165, 1.54) is 6.20 Å². The lowest BCUT2D eigenvalue weighted by Gasteiger charge is -2.31. The zero-order valence-corrected chi connectivity index (χ0v) is 22.8. The number of carbonyl (C=O) groups is 2. The van der Waals surface area contributed by atoms with Crippen molar-refractivity contribution >= 4 is 29.1 Å². The number of alkyl halides is 2. The highest BCUT2D eigenvalue weighted by molar-refractivity contribution is 6.32. The number of carbonyl (C=O) groups excluding carboxylic acids is 2. The second kappa shape index (κ2) is 13.7. The van der Waals surface area contributed by atoms with Crippen LogP contribution in [0.3, 0.4) is 0 Å². The lowest BCUT2D eigenvalue weighted by Crippen LogP contribution is -2.48. The summed E-state index contributed by atoms with van der Waals surface area (Å²) in [6.45, 7) is 4.00. The van der Waals surface area contributed by atoms with Gasteiger partial charge < -0.3 is 5.11 Å². The van der Waals surface area contributed by atoms with Crippen molar-refractivity contribution in [1.29, 1.82) is 5.26 Å². The highest BCUT2D eigenvalue weighted by atomic mass is 35.5. The van der Waals surface area contributed by atoms with Gasteiger partial charge in [-0.1, -0.05) is 36.6 Å².